The molecular formula is C15H21N3O2S. The fourth-order valence-electron chi connectivity index (χ4n) is 3.33. The Labute approximate surface area is 129 Å². The Balaban J connectivity index is 1.83. The zero-order chi connectivity index (χ0) is 15.0. The van der Waals surface area contributed by atoms with E-state index >= 15 is 0 Å². The fraction of sp³-hybridized carbons (Fsp3) is 0.667. The Hall–Kier alpha value is -1.30. The van der Waals surface area contributed by atoms with Crippen molar-refractivity contribution in [3.63, 3.8) is 0 Å². The zero-order valence-electron chi connectivity index (χ0n) is 12.5. The van der Waals surface area contributed by atoms with Crippen LogP contribution in [0.25, 0.3) is 0 Å². The van der Waals surface area contributed by atoms with E-state index in [1.54, 1.807) is 6.92 Å². The van der Waals surface area contributed by atoms with Crippen molar-refractivity contribution in [1.82, 2.24) is 9.78 Å². The SMILES string of the molecule is CC(=O)SC1CC(=O)N(c2cc(C)nn2C2CCCC2)C1. The topological polar surface area (TPSA) is 55.2 Å². The van der Waals surface area contributed by atoms with E-state index in [9.17, 15) is 9.59 Å². The lowest BCUT2D eigenvalue weighted by Crippen LogP contribution is -2.28. The van der Waals surface area contributed by atoms with Gasteiger partial charge < -0.3 is 0 Å². The number of amides is 1. The molecule has 0 radical (unpaired) electrons. The first-order valence-electron chi connectivity index (χ1n) is 7.58. The van der Waals surface area contributed by atoms with Crippen molar-refractivity contribution in [2.24, 2.45) is 0 Å². The number of aromatic nitrogens is 2. The molecule has 0 spiro atoms. The predicted molar refractivity (Wildman–Crippen MR) is 83.5 cm³/mol. The van der Waals surface area contributed by atoms with Crippen molar-refractivity contribution in [3.05, 3.63) is 11.8 Å². The van der Waals surface area contributed by atoms with Crippen LogP contribution >= 0.6 is 11.8 Å². The molecule has 1 aromatic rings. The van der Waals surface area contributed by atoms with Crippen LogP contribution in [-0.4, -0.2) is 32.6 Å². The standard InChI is InChI=1S/C15H21N3O2S/c1-10-7-14(18(16-10)12-5-3-4-6-12)17-9-13(8-15(17)20)21-11(2)19/h7,12-13H,3-6,8-9H2,1-2H3. The molecule has 21 heavy (non-hydrogen) atoms. The highest BCUT2D eigenvalue weighted by Gasteiger charge is 2.35. The minimum absolute atomic E-state index is 0.0715. The third-order valence-corrected chi connectivity index (χ3v) is 5.19. The van der Waals surface area contributed by atoms with Crippen molar-refractivity contribution in [1.29, 1.82) is 0 Å². The maximum atomic E-state index is 12.3. The van der Waals surface area contributed by atoms with Crippen LogP contribution in [0, 0.1) is 6.92 Å². The van der Waals surface area contributed by atoms with Crippen molar-refractivity contribution in [2.45, 2.75) is 57.2 Å². The van der Waals surface area contributed by atoms with Gasteiger partial charge in [0.15, 0.2) is 5.12 Å². The van der Waals surface area contributed by atoms with Gasteiger partial charge in [0, 0.05) is 31.2 Å². The normalized spacial score (nSPS) is 23.2. The van der Waals surface area contributed by atoms with Crippen LogP contribution in [0.4, 0.5) is 5.82 Å². The highest BCUT2D eigenvalue weighted by Crippen LogP contribution is 2.35. The number of aryl methyl sites for hydroxylation is 1. The monoisotopic (exact) mass is 307 g/mol. The Morgan fingerprint density at radius 2 is 2.10 bits per heavy atom. The molecule has 0 bridgehead atoms. The summed E-state index contributed by atoms with van der Waals surface area (Å²) in [6, 6.07) is 2.41. The second-order valence-corrected chi connectivity index (χ2v) is 7.44. The van der Waals surface area contributed by atoms with Gasteiger partial charge in [-0.1, -0.05) is 24.6 Å². The molecule has 5 nitrogen and oxygen atoms in total. The van der Waals surface area contributed by atoms with Gasteiger partial charge in [-0.15, -0.1) is 0 Å². The van der Waals surface area contributed by atoms with Crippen LogP contribution in [-0.2, 0) is 9.59 Å². The predicted octanol–water partition coefficient (Wildman–Crippen LogP) is 2.69. The van der Waals surface area contributed by atoms with Gasteiger partial charge in [0.2, 0.25) is 5.91 Å². The van der Waals surface area contributed by atoms with Gasteiger partial charge in [0.05, 0.1) is 11.7 Å². The summed E-state index contributed by atoms with van der Waals surface area (Å²) in [6.45, 7) is 4.14. The number of anilines is 1. The zero-order valence-corrected chi connectivity index (χ0v) is 13.4. The number of carbonyl (C=O) groups is 2. The molecule has 1 aromatic heterocycles. The Morgan fingerprint density at radius 3 is 2.76 bits per heavy atom. The highest BCUT2D eigenvalue weighted by molar-refractivity contribution is 8.14. The van der Waals surface area contributed by atoms with E-state index in [0.717, 1.165) is 24.4 Å². The Morgan fingerprint density at radius 1 is 1.38 bits per heavy atom. The number of carbonyl (C=O) groups excluding carboxylic acids is 2. The minimum Gasteiger partial charge on any atom is -0.296 e. The van der Waals surface area contributed by atoms with E-state index in [0.29, 0.717) is 19.0 Å². The number of hydrogen-bond acceptors (Lipinski definition) is 4. The summed E-state index contributed by atoms with van der Waals surface area (Å²) in [4.78, 5) is 25.4. The molecule has 1 saturated heterocycles. The first-order chi connectivity index (χ1) is 10.0. The van der Waals surface area contributed by atoms with Crippen molar-refractivity contribution < 1.29 is 9.59 Å². The number of rotatable bonds is 3. The first kappa shape index (κ1) is 14.6. The van der Waals surface area contributed by atoms with Gasteiger partial charge in [-0.05, 0) is 19.8 Å². The Kier molecular flexibility index (Phi) is 4.06. The summed E-state index contributed by atoms with van der Waals surface area (Å²) >= 11 is 1.28. The maximum absolute atomic E-state index is 12.3. The van der Waals surface area contributed by atoms with Crippen molar-refractivity contribution in [3.8, 4) is 0 Å². The molecular weight excluding hydrogens is 286 g/mol. The van der Waals surface area contributed by atoms with Crippen molar-refractivity contribution in [2.75, 3.05) is 11.4 Å². The summed E-state index contributed by atoms with van der Waals surface area (Å²) in [5, 5.41) is 4.76. The van der Waals surface area contributed by atoms with Gasteiger partial charge >= 0.3 is 0 Å². The lowest BCUT2D eigenvalue weighted by Gasteiger charge is -2.21. The molecule has 114 valence electrons. The fourth-order valence-corrected chi connectivity index (χ4v) is 4.25. The lowest BCUT2D eigenvalue weighted by atomic mass is 10.2. The van der Waals surface area contributed by atoms with Crippen LogP contribution < -0.4 is 4.90 Å². The summed E-state index contributed by atoms with van der Waals surface area (Å²) in [6.07, 6.45) is 5.20. The average molecular weight is 307 g/mol. The summed E-state index contributed by atoms with van der Waals surface area (Å²) < 4.78 is 2.04. The minimum atomic E-state index is 0.0715. The second kappa shape index (κ2) is 5.83. The lowest BCUT2D eigenvalue weighted by molar-refractivity contribution is -0.117. The average Bonchev–Trinajstić information content (AvgIpc) is 3.08. The molecule has 2 heterocycles. The van der Waals surface area contributed by atoms with Gasteiger partial charge in [-0.25, -0.2) is 4.68 Å². The van der Waals surface area contributed by atoms with Crippen LogP contribution in [0.5, 0.6) is 0 Å². The summed E-state index contributed by atoms with van der Waals surface area (Å²) in [5.41, 5.74) is 0.951. The highest BCUT2D eigenvalue weighted by atomic mass is 32.2. The van der Waals surface area contributed by atoms with Gasteiger partial charge in [0.25, 0.3) is 0 Å². The van der Waals surface area contributed by atoms with E-state index in [2.05, 4.69) is 5.10 Å². The van der Waals surface area contributed by atoms with Crippen molar-refractivity contribution >= 4 is 28.6 Å². The molecule has 1 aliphatic carbocycles. The van der Waals surface area contributed by atoms with Crippen LogP contribution in [0.2, 0.25) is 0 Å². The molecule has 2 fully saturated rings. The summed E-state index contributed by atoms with van der Waals surface area (Å²) in [5.74, 6) is 1.02. The second-order valence-electron chi connectivity index (χ2n) is 5.97. The Bertz CT molecular complexity index is 563. The molecule has 6 heteroatoms. The number of nitrogens with zero attached hydrogens (tertiary/aromatic N) is 3. The maximum Gasteiger partial charge on any atom is 0.229 e. The number of hydrogen-bond donors (Lipinski definition) is 0. The summed E-state index contributed by atoms with van der Waals surface area (Å²) in [7, 11) is 0. The molecule has 1 saturated carbocycles. The van der Waals surface area contributed by atoms with Crippen LogP contribution in [0.15, 0.2) is 6.07 Å². The van der Waals surface area contributed by atoms with E-state index in [-0.39, 0.29) is 16.3 Å². The molecule has 0 N–H and O–H groups in total. The molecule has 2 aliphatic rings. The van der Waals surface area contributed by atoms with E-state index < -0.39 is 0 Å². The van der Waals surface area contributed by atoms with Crippen LogP contribution in [0.3, 0.4) is 0 Å². The van der Waals surface area contributed by atoms with Gasteiger partial charge in [-0.3, -0.25) is 14.5 Å². The van der Waals surface area contributed by atoms with E-state index in [1.165, 1.54) is 24.6 Å². The first-order valence-corrected chi connectivity index (χ1v) is 8.46. The molecule has 1 amide bonds. The largest absolute Gasteiger partial charge is 0.296 e. The molecule has 1 atom stereocenters. The third-order valence-electron chi connectivity index (χ3n) is 4.21. The van der Waals surface area contributed by atoms with E-state index in [1.807, 2.05) is 22.6 Å². The molecule has 1 unspecified atom stereocenters. The van der Waals surface area contributed by atoms with E-state index in [4.69, 9.17) is 0 Å². The van der Waals surface area contributed by atoms with Gasteiger partial charge in [-0.2, -0.15) is 5.10 Å². The number of thioether (sulfide) groups is 1. The van der Waals surface area contributed by atoms with Crippen LogP contribution in [0.1, 0.15) is 50.8 Å². The quantitative estimate of drug-likeness (QED) is 0.861. The molecule has 3 rings (SSSR count). The van der Waals surface area contributed by atoms with Gasteiger partial charge in [0.1, 0.15) is 5.82 Å². The third kappa shape index (κ3) is 3.00. The molecule has 1 aliphatic heterocycles. The molecule has 0 aromatic carbocycles. The smallest absolute Gasteiger partial charge is 0.229 e.